The number of likely N-dealkylation sites (tertiary alicyclic amines) is 1. The molecule has 0 radical (unpaired) electrons. The zero-order chi connectivity index (χ0) is 17.2. The predicted octanol–water partition coefficient (Wildman–Crippen LogP) is 0.418. The van der Waals surface area contributed by atoms with E-state index in [1.54, 1.807) is 6.07 Å². The molecule has 0 bridgehead atoms. The van der Waals surface area contributed by atoms with Gasteiger partial charge in [-0.2, -0.15) is 0 Å². The van der Waals surface area contributed by atoms with E-state index in [-0.39, 0.29) is 12.6 Å². The van der Waals surface area contributed by atoms with Crippen molar-refractivity contribution in [1.29, 1.82) is 0 Å². The molecule has 2 rings (SSSR count). The maximum Gasteiger partial charge on any atom is 0.315 e. The van der Waals surface area contributed by atoms with Gasteiger partial charge in [0.2, 0.25) is 10.0 Å². The summed E-state index contributed by atoms with van der Waals surface area (Å²) in [6.45, 7) is 0.426. The standard InChI is InChI=1S/C14H21FN4O3S/c1-23(21,22)18-11-4-5-19(14(17)20)13(7-11)12-3-2-10(15)6-9(12)8-16/h2-3,6,11,13,18H,4-5,7-8,16H2,1H3,(H2,17,20). The van der Waals surface area contributed by atoms with Gasteiger partial charge in [0.05, 0.1) is 12.3 Å². The number of nitrogens with zero attached hydrogens (tertiary/aromatic N) is 1. The summed E-state index contributed by atoms with van der Waals surface area (Å²) in [6, 6.07) is 2.82. The van der Waals surface area contributed by atoms with Gasteiger partial charge < -0.3 is 16.4 Å². The van der Waals surface area contributed by atoms with Gasteiger partial charge in [-0.15, -0.1) is 0 Å². The zero-order valence-corrected chi connectivity index (χ0v) is 13.6. The SMILES string of the molecule is CS(=O)(=O)NC1CCN(C(N)=O)C(c2ccc(F)cc2CN)C1. The Kier molecular flexibility index (Phi) is 5.23. The molecular weight excluding hydrogens is 323 g/mol. The maximum atomic E-state index is 13.4. The Hall–Kier alpha value is -1.71. The highest BCUT2D eigenvalue weighted by Gasteiger charge is 2.33. The Morgan fingerprint density at radius 2 is 2.17 bits per heavy atom. The molecule has 1 heterocycles. The number of nitrogens with two attached hydrogens (primary N) is 2. The molecule has 1 aliphatic rings. The monoisotopic (exact) mass is 344 g/mol. The topological polar surface area (TPSA) is 119 Å². The number of carbonyl (C=O) groups is 1. The number of piperidine rings is 1. The first kappa shape index (κ1) is 17.6. The van der Waals surface area contributed by atoms with Crippen molar-refractivity contribution in [2.75, 3.05) is 12.8 Å². The molecule has 23 heavy (non-hydrogen) atoms. The number of carbonyl (C=O) groups excluding carboxylic acids is 1. The largest absolute Gasteiger partial charge is 0.351 e. The number of benzene rings is 1. The summed E-state index contributed by atoms with van der Waals surface area (Å²) in [5.74, 6) is -0.415. The molecule has 2 amide bonds. The Balaban J connectivity index is 2.35. The molecule has 1 aliphatic heterocycles. The minimum absolute atomic E-state index is 0.111. The summed E-state index contributed by atoms with van der Waals surface area (Å²) < 4.78 is 38.8. The van der Waals surface area contributed by atoms with Gasteiger partial charge in [0.1, 0.15) is 5.82 Å². The number of hydrogen-bond acceptors (Lipinski definition) is 4. The first-order chi connectivity index (χ1) is 10.7. The Morgan fingerprint density at radius 1 is 1.48 bits per heavy atom. The van der Waals surface area contributed by atoms with Gasteiger partial charge in [-0.25, -0.2) is 22.3 Å². The second-order valence-electron chi connectivity index (χ2n) is 5.71. The number of amides is 2. The highest BCUT2D eigenvalue weighted by Crippen LogP contribution is 2.33. The van der Waals surface area contributed by atoms with Crippen LogP contribution in [0.3, 0.4) is 0 Å². The average Bonchev–Trinajstić information content (AvgIpc) is 2.45. The summed E-state index contributed by atoms with van der Waals surface area (Å²) in [4.78, 5) is 13.2. The lowest BCUT2D eigenvalue weighted by Crippen LogP contribution is -2.49. The van der Waals surface area contributed by atoms with Crippen molar-refractivity contribution >= 4 is 16.1 Å². The van der Waals surface area contributed by atoms with Crippen LogP contribution in [-0.2, 0) is 16.6 Å². The predicted molar refractivity (Wildman–Crippen MR) is 84.3 cm³/mol. The fourth-order valence-corrected chi connectivity index (χ4v) is 3.83. The van der Waals surface area contributed by atoms with E-state index in [1.807, 2.05) is 0 Å². The summed E-state index contributed by atoms with van der Waals surface area (Å²) in [6.07, 6.45) is 1.91. The summed E-state index contributed by atoms with van der Waals surface area (Å²) >= 11 is 0. The first-order valence-electron chi connectivity index (χ1n) is 7.23. The highest BCUT2D eigenvalue weighted by atomic mass is 32.2. The second-order valence-corrected chi connectivity index (χ2v) is 7.49. The summed E-state index contributed by atoms with van der Waals surface area (Å²) in [7, 11) is -3.36. The normalized spacial score (nSPS) is 22.1. The van der Waals surface area contributed by atoms with Crippen LogP contribution in [0.2, 0.25) is 0 Å². The van der Waals surface area contributed by atoms with Crippen molar-refractivity contribution in [2.45, 2.75) is 31.5 Å². The fourth-order valence-electron chi connectivity index (χ4n) is 3.01. The van der Waals surface area contributed by atoms with Crippen molar-refractivity contribution in [1.82, 2.24) is 9.62 Å². The minimum Gasteiger partial charge on any atom is -0.351 e. The molecular formula is C14H21FN4O3S. The molecule has 1 fully saturated rings. The number of nitrogens with one attached hydrogen (secondary N) is 1. The fraction of sp³-hybridized carbons (Fsp3) is 0.500. The summed E-state index contributed by atoms with van der Waals surface area (Å²) in [5, 5.41) is 0. The molecule has 0 aliphatic carbocycles. The van der Waals surface area contributed by atoms with Crippen LogP contribution >= 0.6 is 0 Å². The van der Waals surface area contributed by atoms with Crippen molar-refractivity contribution in [3.05, 3.63) is 35.1 Å². The van der Waals surface area contributed by atoms with E-state index in [2.05, 4.69) is 4.72 Å². The molecule has 9 heteroatoms. The van der Waals surface area contributed by atoms with Gasteiger partial charge in [0.25, 0.3) is 0 Å². The third-order valence-corrected chi connectivity index (χ3v) is 4.71. The van der Waals surface area contributed by atoms with Crippen LogP contribution in [0.5, 0.6) is 0 Å². The van der Waals surface area contributed by atoms with Crippen molar-refractivity contribution < 1.29 is 17.6 Å². The molecule has 1 saturated heterocycles. The van der Waals surface area contributed by atoms with Crippen LogP contribution in [0.1, 0.15) is 30.0 Å². The summed E-state index contributed by atoms with van der Waals surface area (Å²) in [5.41, 5.74) is 12.4. The number of hydrogen-bond donors (Lipinski definition) is 3. The second kappa shape index (κ2) is 6.81. The molecule has 5 N–H and O–H groups in total. The lowest BCUT2D eigenvalue weighted by Gasteiger charge is -2.39. The first-order valence-corrected chi connectivity index (χ1v) is 9.12. The number of halogens is 1. The van der Waals surface area contributed by atoms with Gasteiger partial charge in [-0.1, -0.05) is 6.07 Å². The van der Waals surface area contributed by atoms with Crippen LogP contribution in [0.4, 0.5) is 9.18 Å². The van der Waals surface area contributed by atoms with Gasteiger partial charge in [-0.05, 0) is 36.1 Å². The van der Waals surface area contributed by atoms with E-state index in [4.69, 9.17) is 11.5 Å². The average molecular weight is 344 g/mol. The van der Waals surface area contributed by atoms with E-state index < -0.39 is 27.9 Å². The molecule has 2 unspecified atom stereocenters. The van der Waals surface area contributed by atoms with Gasteiger partial charge in [0, 0.05) is 19.1 Å². The van der Waals surface area contributed by atoms with Crippen molar-refractivity contribution in [2.24, 2.45) is 11.5 Å². The van der Waals surface area contributed by atoms with Crippen LogP contribution in [-0.4, -0.2) is 38.2 Å². The van der Waals surface area contributed by atoms with Crippen molar-refractivity contribution in [3.63, 3.8) is 0 Å². The zero-order valence-electron chi connectivity index (χ0n) is 12.8. The van der Waals surface area contributed by atoms with E-state index in [1.165, 1.54) is 17.0 Å². The number of urea groups is 1. The van der Waals surface area contributed by atoms with E-state index in [9.17, 15) is 17.6 Å². The van der Waals surface area contributed by atoms with E-state index in [0.29, 0.717) is 30.5 Å². The molecule has 0 spiro atoms. The Labute approximate surface area is 134 Å². The van der Waals surface area contributed by atoms with Crippen LogP contribution in [0.15, 0.2) is 18.2 Å². The molecule has 0 saturated carbocycles. The third kappa shape index (κ3) is 4.40. The van der Waals surface area contributed by atoms with Crippen molar-refractivity contribution in [3.8, 4) is 0 Å². The van der Waals surface area contributed by atoms with Crippen LogP contribution in [0, 0.1) is 5.82 Å². The van der Waals surface area contributed by atoms with Gasteiger partial charge in [-0.3, -0.25) is 0 Å². The molecule has 0 aromatic heterocycles. The minimum atomic E-state index is -3.36. The molecule has 128 valence electrons. The number of rotatable bonds is 4. The van der Waals surface area contributed by atoms with E-state index in [0.717, 1.165) is 6.26 Å². The lowest BCUT2D eigenvalue weighted by molar-refractivity contribution is 0.148. The molecule has 1 aromatic rings. The number of sulfonamides is 1. The van der Waals surface area contributed by atoms with E-state index >= 15 is 0 Å². The quantitative estimate of drug-likeness (QED) is 0.733. The third-order valence-electron chi connectivity index (χ3n) is 3.95. The smallest absolute Gasteiger partial charge is 0.315 e. The highest BCUT2D eigenvalue weighted by molar-refractivity contribution is 7.88. The Morgan fingerprint density at radius 3 is 2.74 bits per heavy atom. The van der Waals surface area contributed by atoms with Gasteiger partial charge in [0.15, 0.2) is 0 Å². The maximum absolute atomic E-state index is 13.4. The number of primary amides is 1. The molecule has 2 atom stereocenters. The Bertz CT molecular complexity index is 695. The molecule has 1 aromatic carbocycles. The van der Waals surface area contributed by atoms with Crippen LogP contribution < -0.4 is 16.2 Å². The lowest BCUT2D eigenvalue weighted by atomic mass is 9.89. The van der Waals surface area contributed by atoms with Crippen LogP contribution in [0.25, 0.3) is 0 Å². The molecule has 7 nitrogen and oxygen atoms in total. The van der Waals surface area contributed by atoms with Gasteiger partial charge >= 0.3 is 6.03 Å².